The molecule has 0 saturated heterocycles. The first-order chi connectivity index (χ1) is 6.99. The summed E-state index contributed by atoms with van der Waals surface area (Å²) in [4.78, 5) is 21.7. The predicted octanol–water partition coefficient (Wildman–Crippen LogP) is 3.10. The number of carboxylic acids is 2. The Balaban J connectivity index is 0. The zero-order valence-corrected chi connectivity index (χ0v) is 11.9. The number of thiocarbonyl (C=S) groups is 1. The van der Waals surface area contributed by atoms with E-state index in [1.165, 1.54) is 27.7 Å². The number of rotatable bonds is 4. The van der Waals surface area contributed by atoms with Gasteiger partial charge in [0.2, 0.25) is 0 Å². The molecule has 17 heavy (non-hydrogen) atoms. The number of hydrogen-bond donors (Lipinski definition) is 2. The first kappa shape index (κ1) is 19.1. The van der Waals surface area contributed by atoms with Gasteiger partial charge in [-0.2, -0.15) is 0 Å². The smallest absolute Gasteiger partial charge is 0.319 e. The molecular weight excluding hydrogens is 280 g/mol. The van der Waals surface area contributed by atoms with Crippen molar-refractivity contribution in [2.45, 2.75) is 44.6 Å². The highest BCUT2D eigenvalue weighted by Gasteiger charge is 2.34. The van der Waals surface area contributed by atoms with Crippen molar-refractivity contribution < 1.29 is 19.8 Å². The fourth-order valence-electron chi connectivity index (χ4n) is 0.525. The quantitative estimate of drug-likeness (QED) is 0.772. The van der Waals surface area contributed by atoms with Crippen molar-refractivity contribution in [3.8, 4) is 0 Å². The summed E-state index contributed by atoms with van der Waals surface area (Å²) in [6, 6.07) is 0. The van der Waals surface area contributed by atoms with Gasteiger partial charge in [-0.1, -0.05) is 43.2 Å². The van der Waals surface area contributed by atoms with Crippen molar-refractivity contribution in [3.05, 3.63) is 0 Å². The van der Waals surface area contributed by atoms with Crippen LogP contribution in [0.5, 0.6) is 0 Å². The van der Waals surface area contributed by atoms with Crippen molar-refractivity contribution >= 4 is 51.2 Å². The van der Waals surface area contributed by atoms with Gasteiger partial charge < -0.3 is 10.2 Å². The van der Waals surface area contributed by atoms with Gasteiger partial charge in [-0.3, -0.25) is 9.59 Å². The highest BCUT2D eigenvalue weighted by atomic mass is 32.2. The molecule has 0 heterocycles. The van der Waals surface area contributed by atoms with Gasteiger partial charge in [0.25, 0.3) is 0 Å². The van der Waals surface area contributed by atoms with Crippen LogP contribution in [-0.4, -0.2) is 35.2 Å². The van der Waals surface area contributed by atoms with Gasteiger partial charge in [-0.15, -0.1) is 0 Å². The molecule has 0 radical (unpaired) electrons. The summed E-state index contributed by atoms with van der Waals surface area (Å²) in [5, 5.41) is 17.8. The maximum absolute atomic E-state index is 10.8. The lowest BCUT2D eigenvalue weighted by atomic mass is 10.2. The normalized spacial score (nSPS) is 11.5. The molecule has 0 aliphatic heterocycles. The van der Waals surface area contributed by atoms with Gasteiger partial charge >= 0.3 is 11.9 Å². The highest BCUT2D eigenvalue weighted by molar-refractivity contribution is 8.48. The van der Waals surface area contributed by atoms with Crippen LogP contribution in [0.4, 0.5) is 0 Å². The van der Waals surface area contributed by atoms with E-state index in [-0.39, 0.29) is 7.43 Å². The minimum Gasteiger partial charge on any atom is -0.480 e. The van der Waals surface area contributed by atoms with Gasteiger partial charge in [-0.25, -0.2) is 0 Å². The van der Waals surface area contributed by atoms with Gasteiger partial charge in [-0.05, 0) is 27.7 Å². The van der Waals surface area contributed by atoms with Crippen LogP contribution in [0.3, 0.4) is 0 Å². The maximum Gasteiger partial charge on any atom is 0.319 e. The minimum absolute atomic E-state index is 0. The molecule has 0 amide bonds. The molecule has 4 nitrogen and oxygen atoms in total. The molecule has 0 spiro atoms. The van der Waals surface area contributed by atoms with Crippen molar-refractivity contribution in [2.24, 2.45) is 0 Å². The minimum atomic E-state index is -1.04. The third kappa shape index (κ3) is 6.28. The Morgan fingerprint density at radius 3 is 1.35 bits per heavy atom. The number of carbonyl (C=O) groups is 2. The Bertz CT molecular complexity index is 294. The summed E-state index contributed by atoms with van der Waals surface area (Å²) in [6.45, 7) is 6.11. The predicted molar refractivity (Wildman–Crippen MR) is 77.9 cm³/mol. The molecule has 0 bridgehead atoms. The highest BCUT2D eigenvalue weighted by Crippen LogP contribution is 2.36. The number of hydrogen-bond acceptors (Lipinski definition) is 5. The van der Waals surface area contributed by atoms with E-state index in [0.717, 1.165) is 23.5 Å². The van der Waals surface area contributed by atoms with Crippen LogP contribution in [0.25, 0.3) is 0 Å². The van der Waals surface area contributed by atoms with Crippen LogP contribution >= 0.6 is 35.7 Å². The van der Waals surface area contributed by atoms with Crippen LogP contribution in [-0.2, 0) is 9.59 Å². The van der Waals surface area contributed by atoms with Crippen molar-refractivity contribution in [3.63, 3.8) is 0 Å². The zero-order valence-electron chi connectivity index (χ0n) is 9.44. The summed E-state index contributed by atoms with van der Waals surface area (Å²) in [5.41, 5.74) is 0. The molecule has 0 saturated carbocycles. The Labute approximate surface area is 116 Å². The molecule has 0 unspecified atom stereocenters. The molecule has 2 N–H and O–H groups in total. The average Bonchev–Trinajstić information content (AvgIpc) is 2.00. The maximum atomic E-state index is 10.8. The fraction of sp³-hybridized carbons (Fsp3) is 0.700. The number of carboxylic acid groups (broad SMARTS) is 2. The summed E-state index contributed by atoms with van der Waals surface area (Å²) >= 11 is 6.96. The first-order valence-corrected chi connectivity index (χ1v) is 6.42. The molecule has 0 aliphatic carbocycles. The monoisotopic (exact) mass is 298 g/mol. The van der Waals surface area contributed by atoms with E-state index in [2.05, 4.69) is 0 Å². The molecule has 100 valence electrons. The molecule has 0 atom stereocenters. The van der Waals surface area contributed by atoms with Gasteiger partial charge in [0.1, 0.15) is 13.0 Å². The van der Waals surface area contributed by atoms with E-state index in [4.69, 9.17) is 22.4 Å². The van der Waals surface area contributed by atoms with Crippen molar-refractivity contribution in [2.75, 3.05) is 0 Å². The molecule has 0 aliphatic rings. The van der Waals surface area contributed by atoms with Crippen LogP contribution in [0, 0.1) is 0 Å². The van der Waals surface area contributed by atoms with Crippen LogP contribution in [0.15, 0.2) is 0 Å². The number of thioether (sulfide) groups is 2. The van der Waals surface area contributed by atoms with Gasteiger partial charge in [0.15, 0.2) is 0 Å². The third-order valence-electron chi connectivity index (χ3n) is 1.71. The van der Waals surface area contributed by atoms with Gasteiger partial charge in [0.05, 0.1) is 0 Å². The van der Waals surface area contributed by atoms with E-state index in [1.807, 2.05) is 0 Å². The van der Waals surface area contributed by atoms with E-state index in [1.54, 1.807) is 0 Å². The second-order valence-corrected chi connectivity index (χ2v) is 8.53. The third-order valence-corrected chi connectivity index (χ3v) is 4.41. The summed E-state index contributed by atoms with van der Waals surface area (Å²) in [7, 11) is 0. The van der Waals surface area contributed by atoms with Crippen LogP contribution in [0.2, 0.25) is 0 Å². The molecule has 0 aromatic carbocycles. The van der Waals surface area contributed by atoms with Crippen LogP contribution < -0.4 is 0 Å². The van der Waals surface area contributed by atoms with Gasteiger partial charge in [0, 0.05) is 0 Å². The molecular formula is C10H18O4S3. The lowest BCUT2D eigenvalue weighted by Gasteiger charge is -2.22. The van der Waals surface area contributed by atoms with Crippen molar-refractivity contribution in [1.82, 2.24) is 0 Å². The topological polar surface area (TPSA) is 74.6 Å². The zero-order chi connectivity index (χ0) is 13.1. The van der Waals surface area contributed by atoms with Crippen molar-refractivity contribution in [1.29, 1.82) is 0 Å². The largest absolute Gasteiger partial charge is 0.480 e. The van der Waals surface area contributed by atoms with E-state index in [0.29, 0.717) is 3.53 Å². The SMILES string of the molecule is C.CC(C)(SC(=S)SC(C)(C)C(=O)O)C(=O)O. The fourth-order valence-corrected chi connectivity index (χ4v) is 4.20. The molecule has 0 fully saturated rings. The molecule has 0 aromatic heterocycles. The second kappa shape index (κ2) is 6.61. The molecule has 0 aromatic rings. The molecule has 0 rings (SSSR count). The van der Waals surface area contributed by atoms with Crippen LogP contribution in [0.1, 0.15) is 35.1 Å². The lowest BCUT2D eigenvalue weighted by Crippen LogP contribution is -2.31. The Hall–Kier alpha value is -0.270. The Kier molecular flexibility index (Phi) is 7.41. The Morgan fingerprint density at radius 1 is 0.941 bits per heavy atom. The molecule has 7 heteroatoms. The lowest BCUT2D eigenvalue weighted by molar-refractivity contribution is -0.139. The first-order valence-electron chi connectivity index (χ1n) is 4.38. The summed E-state index contributed by atoms with van der Waals surface area (Å²) in [6.07, 6.45) is 0. The van der Waals surface area contributed by atoms with E-state index >= 15 is 0 Å². The second-order valence-electron chi connectivity index (χ2n) is 4.09. The number of aliphatic carboxylic acids is 2. The summed E-state index contributed by atoms with van der Waals surface area (Å²) < 4.78 is -1.77. The Morgan fingerprint density at radius 2 is 1.18 bits per heavy atom. The van der Waals surface area contributed by atoms with E-state index < -0.39 is 21.4 Å². The standard InChI is InChI=1S/C9H14O4S3.CH4/c1-8(2,5(10)11)15-7(14)16-9(3,4)6(12)13;/h1-4H3,(H,10,11)(H,12,13);1H4. The average molecular weight is 298 g/mol. The summed E-state index contributed by atoms with van der Waals surface area (Å²) in [5.74, 6) is -1.96. The van der Waals surface area contributed by atoms with E-state index in [9.17, 15) is 9.59 Å².